The lowest BCUT2D eigenvalue weighted by molar-refractivity contribution is -0.259. The summed E-state index contributed by atoms with van der Waals surface area (Å²) in [4.78, 5) is 0. The lowest BCUT2D eigenvalue weighted by atomic mass is 9.47. The van der Waals surface area contributed by atoms with Crippen LogP contribution in [0.3, 0.4) is 0 Å². The second kappa shape index (κ2) is 2.29. The molecule has 4 rings (SSSR count). The maximum absolute atomic E-state index is 5.75. The fraction of sp³-hybridized carbons (Fsp3) is 1.00. The van der Waals surface area contributed by atoms with Gasteiger partial charge in [-0.15, -0.1) is 0 Å². The van der Waals surface area contributed by atoms with E-state index in [-0.39, 0.29) is 5.79 Å². The highest BCUT2D eigenvalue weighted by atomic mass is 16.7. The molecule has 2 atom stereocenters. The minimum absolute atomic E-state index is 0.150. The maximum Gasteiger partial charge on any atom is 0.169 e. The Morgan fingerprint density at radius 1 is 1.00 bits per heavy atom. The number of ether oxygens (including phenoxy) is 2. The third kappa shape index (κ3) is 0.962. The van der Waals surface area contributed by atoms with E-state index < -0.39 is 0 Å². The zero-order valence-electron chi connectivity index (χ0n) is 8.51. The van der Waals surface area contributed by atoms with Crippen molar-refractivity contribution in [1.29, 1.82) is 0 Å². The van der Waals surface area contributed by atoms with Crippen LogP contribution in [0.25, 0.3) is 0 Å². The molecule has 3 aliphatic carbocycles. The first-order chi connectivity index (χ1) is 6.12. The van der Waals surface area contributed by atoms with Crippen molar-refractivity contribution in [2.45, 2.75) is 38.9 Å². The van der Waals surface area contributed by atoms with Gasteiger partial charge in [0.15, 0.2) is 5.79 Å². The lowest BCUT2D eigenvalue weighted by Gasteiger charge is -2.60. The summed E-state index contributed by atoms with van der Waals surface area (Å²) in [5.74, 6) is 1.53. The molecule has 0 aromatic heterocycles. The van der Waals surface area contributed by atoms with Gasteiger partial charge >= 0.3 is 0 Å². The highest BCUT2D eigenvalue weighted by Gasteiger charge is 2.59. The normalized spacial score (nSPS) is 44.8. The van der Waals surface area contributed by atoms with Gasteiger partial charge in [0.2, 0.25) is 0 Å². The molecule has 1 saturated heterocycles. The van der Waals surface area contributed by atoms with E-state index in [1.165, 1.54) is 6.42 Å². The number of hydrogen-bond donors (Lipinski definition) is 0. The SMILES string of the molecule is CC1(C)C2CC1CC1(C2)OCCO1. The Morgan fingerprint density at radius 2 is 1.54 bits per heavy atom. The van der Waals surface area contributed by atoms with E-state index >= 15 is 0 Å². The van der Waals surface area contributed by atoms with E-state index in [4.69, 9.17) is 9.47 Å². The van der Waals surface area contributed by atoms with E-state index in [9.17, 15) is 0 Å². The molecular formula is C11H18O2. The standard InChI is InChI=1S/C11H18O2/c1-10(2)8-5-9(10)7-11(6-8)12-3-4-13-11/h8-9H,3-7H2,1-2H3. The zero-order valence-corrected chi connectivity index (χ0v) is 8.51. The van der Waals surface area contributed by atoms with Crippen LogP contribution in [0, 0.1) is 17.3 Å². The fourth-order valence-electron chi connectivity index (χ4n) is 3.38. The Hall–Kier alpha value is -0.0800. The van der Waals surface area contributed by atoms with Gasteiger partial charge in [-0.1, -0.05) is 13.8 Å². The average molecular weight is 182 g/mol. The van der Waals surface area contributed by atoms with Gasteiger partial charge in [0.25, 0.3) is 0 Å². The van der Waals surface area contributed by atoms with Crippen molar-refractivity contribution in [1.82, 2.24) is 0 Å². The first kappa shape index (κ1) is 8.25. The van der Waals surface area contributed by atoms with Crippen molar-refractivity contribution in [3.63, 3.8) is 0 Å². The summed E-state index contributed by atoms with van der Waals surface area (Å²) in [6, 6.07) is 0. The molecule has 1 heterocycles. The van der Waals surface area contributed by atoms with Crippen molar-refractivity contribution in [3.05, 3.63) is 0 Å². The van der Waals surface area contributed by atoms with Crippen LogP contribution in [0.5, 0.6) is 0 Å². The molecule has 74 valence electrons. The lowest BCUT2D eigenvalue weighted by Crippen LogP contribution is -2.57. The van der Waals surface area contributed by atoms with Crippen LogP contribution >= 0.6 is 0 Å². The maximum atomic E-state index is 5.75. The van der Waals surface area contributed by atoms with Crippen LogP contribution in [0.15, 0.2) is 0 Å². The Bertz CT molecular complexity index is 212. The molecule has 0 aromatic rings. The molecule has 4 fully saturated rings. The molecule has 3 saturated carbocycles. The molecule has 0 radical (unpaired) electrons. The van der Waals surface area contributed by atoms with Crippen LogP contribution in [0.4, 0.5) is 0 Å². The summed E-state index contributed by atoms with van der Waals surface area (Å²) in [6.07, 6.45) is 3.68. The van der Waals surface area contributed by atoms with E-state index in [2.05, 4.69) is 13.8 Å². The Kier molecular flexibility index (Phi) is 1.45. The van der Waals surface area contributed by atoms with Crippen LogP contribution in [0.1, 0.15) is 33.1 Å². The summed E-state index contributed by atoms with van der Waals surface area (Å²) in [7, 11) is 0. The first-order valence-corrected chi connectivity index (χ1v) is 5.40. The van der Waals surface area contributed by atoms with Gasteiger partial charge in [0.05, 0.1) is 13.2 Å². The summed E-state index contributed by atoms with van der Waals surface area (Å²) in [5, 5.41) is 0. The topological polar surface area (TPSA) is 18.5 Å². The minimum atomic E-state index is -0.150. The van der Waals surface area contributed by atoms with Crippen LogP contribution in [-0.2, 0) is 9.47 Å². The molecule has 0 amide bonds. The van der Waals surface area contributed by atoms with Gasteiger partial charge in [-0.05, 0) is 23.7 Å². The van der Waals surface area contributed by atoms with Crippen molar-refractivity contribution < 1.29 is 9.47 Å². The largest absolute Gasteiger partial charge is 0.348 e. The molecule has 13 heavy (non-hydrogen) atoms. The molecule has 1 aliphatic heterocycles. The second-order valence-electron chi connectivity index (χ2n) is 5.47. The summed E-state index contributed by atoms with van der Waals surface area (Å²) >= 11 is 0. The van der Waals surface area contributed by atoms with Crippen molar-refractivity contribution in [2.75, 3.05) is 13.2 Å². The smallest absolute Gasteiger partial charge is 0.169 e. The Morgan fingerprint density at radius 3 is 2.00 bits per heavy atom. The van der Waals surface area contributed by atoms with E-state index in [0.717, 1.165) is 37.9 Å². The third-order valence-corrected chi connectivity index (χ3v) is 4.60. The van der Waals surface area contributed by atoms with Crippen molar-refractivity contribution >= 4 is 0 Å². The van der Waals surface area contributed by atoms with Crippen LogP contribution in [0.2, 0.25) is 0 Å². The van der Waals surface area contributed by atoms with Crippen molar-refractivity contribution in [3.8, 4) is 0 Å². The van der Waals surface area contributed by atoms with Gasteiger partial charge in [-0.25, -0.2) is 0 Å². The average Bonchev–Trinajstić information content (AvgIpc) is 2.53. The zero-order chi connectivity index (χ0) is 9.10. The van der Waals surface area contributed by atoms with Crippen molar-refractivity contribution in [2.24, 2.45) is 17.3 Å². The molecule has 2 bridgehead atoms. The molecule has 1 spiro atoms. The first-order valence-electron chi connectivity index (χ1n) is 5.40. The highest BCUT2D eigenvalue weighted by molar-refractivity contribution is 5.05. The predicted octanol–water partition coefficient (Wildman–Crippen LogP) is 2.19. The molecule has 2 nitrogen and oxygen atoms in total. The van der Waals surface area contributed by atoms with Crippen LogP contribution in [-0.4, -0.2) is 19.0 Å². The van der Waals surface area contributed by atoms with Gasteiger partial charge in [-0.2, -0.15) is 0 Å². The van der Waals surface area contributed by atoms with Gasteiger partial charge < -0.3 is 9.47 Å². The summed E-state index contributed by atoms with van der Waals surface area (Å²) in [5.41, 5.74) is 0.556. The Labute approximate surface area is 79.6 Å². The fourth-order valence-corrected chi connectivity index (χ4v) is 3.38. The molecule has 0 aromatic carbocycles. The predicted molar refractivity (Wildman–Crippen MR) is 49.2 cm³/mol. The summed E-state index contributed by atoms with van der Waals surface area (Å²) < 4.78 is 11.5. The monoisotopic (exact) mass is 182 g/mol. The number of hydrogen-bond acceptors (Lipinski definition) is 2. The second-order valence-corrected chi connectivity index (χ2v) is 5.47. The van der Waals surface area contributed by atoms with Gasteiger partial charge in [0.1, 0.15) is 0 Å². The Balaban J connectivity index is 1.80. The highest BCUT2D eigenvalue weighted by Crippen LogP contribution is 2.63. The molecule has 0 N–H and O–H groups in total. The quantitative estimate of drug-likeness (QED) is 0.571. The van der Waals surface area contributed by atoms with E-state index in [0.29, 0.717) is 5.41 Å². The molecule has 2 unspecified atom stereocenters. The van der Waals surface area contributed by atoms with Gasteiger partial charge in [-0.3, -0.25) is 0 Å². The molecule has 2 heteroatoms. The molecule has 4 aliphatic rings. The minimum Gasteiger partial charge on any atom is -0.348 e. The van der Waals surface area contributed by atoms with Gasteiger partial charge in [0, 0.05) is 12.8 Å². The summed E-state index contributed by atoms with van der Waals surface area (Å²) in [6.45, 7) is 6.40. The van der Waals surface area contributed by atoms with Crippen LogP contribution < -0.4 is 0 Å². The third-order valence-electron chi connectivity index (χ3n) is 4.60. The molecular weight excluding hydrogens is 164 g/mol. The number of rotatable bonds is 0. The van der Waals surface area contributed by atoms with E-state index in [1.54, 1.807) is 0 Å². The van der Waals surface area contributed by atoms with E-state index in [1.807, 2.05) is 0 Å².